The molecule has 0 fully saturated rings. The van der Waals surface area contributed by atoms with Gasteiger partial charge in [0.15, 0.2) is 0 Å². The Kier molecular flexibility index (Phi) is 35.6. The van der Waals surface area contributed by atoms with E-state index in [4.69, 9.17) is 7.56 Å². The van der Waals surface area contributed by atoms with Gasteiger partial charge < -0.3 is 0 Å². The van der Waals surface area contributed by atoms with E-state index in [-0.39, 0.29) is 0 Å². The molecule has 0 aromatic carbocycles. The van der Waals surface area contributed by atoms with Gasteiger partial charge >= 0.3 is 311 Å². The van der Waals surface area contributed by atoms with Crippen LogP contribution < -0.4 is 0 Å². The van der Waals surface area contributed by atoms with Crippen molar-refractivity contribution in [1.29, 1.82) is 0 Å². The zero-order valence-electron chi connectivity index (χ0n) is 34.0. The SMILES string of the molecule is CCCCCCC[CH2][Sn]([CH2]CCCCCCC)([CH2]CCCCCCC)[O][Sn]([CH2]CCCCCCC)([O]CCC(C)C)[O]CCC(C)C. The van der Waals surface area contributed by atoms with Gasteiger partial charge in [0.2, 0.25) is 0 Å². The Bertz CT molecular complexity index is 572. The summed E-state index contributed by atoms with van der Waals surface area (Å²) in [5.74, 6) is 1.32. The van der Waals surface area contributed by atoms with Gasteiger partial charge in [-0.05, 0) is 0 Å². The molecule has 284 valence electrons. The molecule has 0 aromatic heterocycles. The molecule has 0 rings (SSSR count). The van der Waals surface area contributed by atoms with Crippen LogP contribution in [0, 0.1) is 11.8 Å². The third kappa shape index (κ3) is 29.7. The van der Waals surface area contributed by atoms with Gasteiger partial charge in [-0.25, -0.2) is 0 Å². The zero-order chi connectivity index (χ0) is 34.9. The minimum absolute atomic E-state index is 0.659. The molecule has 5 heteroatoms. The predicted molar refractivity (Wildman–Crippen MR) is 216 cm³/mol. The summed E-state index contributed by atoms with van der Waals surface area (Å²) in [5, 5.41) is 0. The summed E-state index contributed by atoms with van der Waals surface area (Å²) < 4.78 is 27.9. The van der Waals surface area contributed by atoms with Crippen molar-refractivity contribution in [1.82, 2.24) is 0 Å². The predicted octanol–water partition coefficient (Wildman–Crippen LogP) is 15.5. The quantitative estimate of drug-likeness (QED) is 0.0457. The molecule has 0 radical (unpaired) electrons. The van der Waals surface area contributed by atoms with Crippen molar-refractivity contribution in [3.05, 3.63) is 0 Å². The number of hydrogen-bond donors (Lipinski definition) is 0. The summed E-state index contributed by atoms with van der Waals surface area (Å²) >= 11 is -6.82. The molecule has 0 spiro atoms. The molecule has 0 unspecified atom stereocenters. The van der Waals surface area contributed by atoms with Crippen LogP contribution in [0.15, 0.2) is 0 Å². The third-order valence-corrected chi connectivity index (χ3v) is 43.8. The van der Waals surface area contributed by atoms with Gasteiger partial charge in [0.25, 0.3) is 0 Å². The van der Waals surface area contributed by atoms with Gasteiger partial charge in [0, 0.05) is 0 Å². The molecule has 0 aliphatic heterocycles. The molecule has 0 aromatic rings. The second-order valence-corrected chi connectivity index (χ2v) is 38.6. The van der Waals surface area contributed by atoms with E-state index in [9.17, 15) is 0 Å². The van der Waals surface area contributed by atoms with Crippen molar-refractivity contribution in [2.24, 2.45) is 11.8 Å². The average Bonchev–Trinajstić information content (AvgIpc) is 3.03. The molecule has 0 N–H and O–H groups in total. The normalized spacial score (nSPS) is 12.6. The van der Waals surface area contributed by atoms with Gasteiger partial charge in [-0.1, -0.05) is 0 Å². The van der Waals surface area contributed by atoms with Crippen molar-refractivity contribution in [2.45, 2.75) is 240 Å². The molecule has 0 aliphatic carbocycles. The first-order chi connectivity index (χ1) is 22.8. The maximum absolute atomic E-state index is 8.08. The average molecular weight is 881 g/mol. The van der Waals surface area contributed by atoms with Crippen LogP contribution in [-0.2, 0) is 7.56 Å². The number of rotatable bonds is 38. The molecule has 0 bridgehead atoms. The van der Waals surface area contributed by atoms with Crippen LogP contribution in [0.3, 0.4) is 0 Å². The summed E-state index contributed by atoms with van der Waals surface area (Å²) in [5.41, 5.74) is 0. The Morgan fingerprint density at radius 2 is 0.638 bits per heavy atom. The molecule has 0 amide bonds. The van der Waals surface area contributed by atoms with Crippen LogP contribution in [0.2, 0.25) is 17.7 Å². The van der Waals surface area contributed by atoms with Crippen LogP contribution >= 0.6 is 0 Å². The van der Waals surface area contributed by atoms with Crippen molar-refractivity contribution in [3.8, 4) is 0 Å². The van der Waals surface area contributed by atoms with E-state index in [1.54, 1.807) is 0 Å². The Morgan fingerprint density at radius 1 is 0.362 bits per heavy atom. The first-order valence-electron chi connectivity index (χ1n) is 21.8. The molecular weight excluding hydrogens is 790 g/mol. The molecule has 0 aliphatic rings. The fourth-order valence-electron chi connectivity index (χ4n) is 6.86. The van der Waals surface area contributed by atoms with E-state index in [2.05, 4.69) is 55.4 Å². The first-order valence-corrected chi connectivity index (χ1v) is 34.5. The topological polar surface area (TPSA) is 27.7 Å². The van der Waals surface area contributed by atoms with Gasteiger partial charge in [0.05, 0.1) is 0 Å². The molecule has 0 heterocycles. The fourth-order valence-corrected chi connectivity index (χ4v) is 48.2. The van der Waals surface area contributed by atoms with Gasteiger partial charge in [-0.15, -0.1) is 0 Å². The van der Waals surface area contributed by atoms with Crippen molar-refractivity contribution >= 4 is 38.4 Å². The minimum atomic E-state index is -3.79. The third-order valence-electron chi connectivity index (χ3n) is 10.2. The van der Waals surface area contributed by atoms with Crippen molar-refractivity contribution in [2.75, 3.05) is 13.2 Å². The van der Waals surface area contributed by atoms with Crippen molar-refractivity contribution in [3.63, 3.8) is 0 Å². The second-order valence-electron chi connectivity index (χ2n) is 16.1. The first kappa shape index (κ1) is 48.5. The van der Waals surface area contributed by atoms with Gasteiger partial charge in [-0.2, -0.15) is 0 Å². The monoisotopic (exact) mass is 882 g/mol. The molecular formula is C42H90O3Sn2. The van der Waals surface area contributed by atoms with Gasteiger partial charge in [0.1, 0.15) is 0 Å². The summed E-state index contributed by atoms with van der Waals surface area (Å²) in [6, 6.07) is 0. The molecule has 0 atom stereocenters. The van der Waals surface area contributed by atoms with E-state index >= 15 is 0 Å². The second kappa shape index (κ2) is 34.6. The summed E-state index contributed by atoms with van der Waals surface area (Å²) in [7, 11) is 0. The van der Waals surface area contributed by atoms with Crippen LogP contribution in [0.25, 0.3) is 0 Å². The molecule has 3 nitrogen and oxygen atoms in total. The Morgan fingerprint density at radius 3 is 0.936 bits per heavy atom. The van der Waals surface area contributed by atoms with E-state index in [1.165, 1.54) is 167 Å². The Hall–Kier alpha value is 1.48. The van der Waals surface area contributed by atoms with E-state index in [1.807, 2.05) is 0 Å². The van der Waals surface area contributed by atoms with E-state index in [0.29, 0.717) is 11.8 Å². The Balaban J connectivity index is 6.28. The van der Waals surface area contributed by atoms with E-state index < -0.39 is 38.4 Å². The summed E-state index contributed by atoms with van der Waals surface area (Å²) in [6.45, 7) is 20.4. The summed E-state index contributed by atoms with van der Waals surface area (Å²) in [4.78, 5) is 0. The Labute approximate surface area is 308 Å². The van der Waals surface area contributed by atoms with Crippen LogP contribution in [-0.4, -0.2) is 51.6 Å². The molecule has 0 saturated carbocycles. The van der Waals surface area contributed by atoms with Crippen LogP contribution in [0.5, 0.6) is 0 Å². The molecule has 0 saturated heterocycles. The number of unbranched alkanes of at least 4 members (excludes halogenated alkanes) is 20. The summed E-state index contributed by atoms with van der Waals surface area (Å²) in [6.07, 6.45) is 35.2. The molecule has 47 heavy (non-hydrogen) atoms. The van der Waals surface area contributed by atoms with Crippen LogP contribution in [0.1, 0.15) is 222 Å². The standard InChI is InChI=1S/4C8H17.2C5H11O.O.2Sn/c4*1-3-5-7-8-6-4-2;2*1-5(2)3-4-6;;;/h4*1,3-8H2,2H3;2*5H,3-4H2,1-2H3;;;/q;;;;2*-1;;;+2. The van der Waals surface area contributed by atoms with Crippen LogP contribution in [0.4, 0.5) is 0 Å². The number of hydrogen-bond acceptors (Lipinski definition) is 3. The van der Waals surface area contributed by atoms with Gasteiger partial charge in [-0.3, -0.25) is 0 Å². The van der Waals surface area contributed by atoms with E-state index in [0.717, 1.165) is 30.5 Å². The fraction of sp³-hybridized carbons (Fsp3) is 1.00. The zero-order valence-corrected chi connectivity index (χ0v) is 39.7. The van der Waals surface area contributed by atoms with Crippen molar-refractivity contribution < 1.29 is 7.56 Å². The maximum atomic E-state index is 8.08.